The zero-order chi connectivity index (χ0) is 13.9. The number of pyridine rings is 1. The van der Waals surface area contributed by atoms with Crippen molar-refractivity contribution in [2.45, 2.75) is 26.5 Å². The molecule has 20 heavy (non-hydrogen) atoms. The highest BCUT2D eigenvalue weighted by atomic mass is 16.5. The molecule has 6 nitrogen and oxygen atoms in total. The van der Waals surface area contributed by atoms with E-state index in [0.29, 0.717) is 12.4 Å². The average Bonchev–Trinajstić information content (AvgIpc) is 2.88. The molecule has 1 aliphatic rings. The Kier molecular flexibility index (Phi) is 3.37. The number of rotatable bonds is 3. The summed E-state index contributed by atoms with van der Waals surface area (Å²) >= 11 is 0. The number of aryl methyl sites for hydroxylation is 1. The molecule has 6 heteroatoms. The Morgan fingerprint density at radius 3 is 3.10 bits per heavy atom. The molecule has 104 valence electrons. The molecule has 2 aromatic rings. The second-order valence-corrected chi connectivity index (χ2v) is 4.72. The number of amides is 1. The molecule has 0 atom stereocenters. The molecular weight excluding hydrogens is 256 g/mol. The highest BCUT2D eigenvalue weighted by molar-refractivity contribution is 5.90. The Morgan fingerprint density at radius 2 is 2.35 bits per heavy atom. The molecule has 1 amide bonds. The normalized spacial score (nSPS) is 13.9. The topological polar surface area (TPSA) is 60.2 Å². The van der Waals surface area contributed by atoms with Crippen LogP contribution < -0.4 is 9.64 Å². The first-order chi connectivity index (χ1) is 9.74. The Bertz CT molecular complexity index is 609. The first-order valence-corrected chi connectivity index (χ1v) is 6.62. The molecule has 0 spiro atoms. The van der Waals surface area contributed by atoms with Crippen molar-refractivity contribution in [3.05, 3.63) is 36.3 Å². The molecule has 0 N–H and O–H groups in total. The standard InChI is InChI=1S/C14H16N4O2/c1-11(19)17-6-3-7-18-14(17)8-12(16-18)10-20-13-4-2-5-15-9-13/h2,4-5,8-9H,3,6-7,10H2,1H3. The van der Waals surface area contributed by atoms with Gasteiger partial charge in [-0.25, -0.2) is 4.68 Å². The van der Waals surface area contributed by atoms with Crippen molar-refractivity contribution in [1.29, 1.82) is 0 Å². The quantitative estimate of drug-likeness (QED) is 0.851. The van der Waals surface area contributed by atoms with Gasteiger partial charge < -0.3 is 4.74 Å². The Hall–Kier alpha value is -2.37. The number of hydrogen-bond acceptors (Lipinski definition) is 4. The molecule has 0 aliphatic carbocycles. The number of nitrogens with zero attached hydrogens (tertiary/aromatic N) is 4. The third-order valence-corrected chi connectivity index (χ3v) is 3.24. The van der Waals surface area contributed by atoms with E-state index in [-0.39, 0.29) is 5.91 Å². The van der Waals surface area contributed by atoms with Gasteiger partial charge in [-0.05, 0) is 18.6 Å². The van der Waals surface area contributed by atoms with Crippen LogP contribution in [0.3, 0.4) is 0 Å². The third kappa shape index (κ3) is 2.49. The first-order valence-electron chi connectivity index (χ1n) is 6.62. The minimum atomic E-state index is 0.0468. The summed E-state index contributed by atoms with van der Waals surface area (Å²) in [6, 6.07) is 5.59. The van der Waals surface area contributed by atoms with Crippen LogP contribution in [0.25, 0.3) is 0 Å². The number of fused-ring (bicyclic) bond motifs is 1. The molecule has 0 aromatic carbocycles. The number of hydrogen-bond donors (Lipinski definition) is 0. The van der Waals surface area contributed by atoms with Crippen LogP contribution in [0.4, 0.5) is 5.82 Å². The Morgan fingerprint density at radius 1 is 1.45 bits per heavy atom. The van der Waals surface area contributed by atoms with E-state index in [1.54, 1.807) is 24.2 Å². The lowest BCUT2D eigenvalue weighted by atomic mass is 10.3. The fourth-order valence-electron chi connectivity index (χ4n) is 2.31. The zero-order valence-corrected chi connectivity index (χ0v) is 11.3. The molecule has 0 saturated heterocycles. The molecule has 3 rings (SSSR count). The van der Waals surface area contributed by atoms with Gasteiger partial charge in [0, 0.05) is 32.3 Å². The largest absolute Gasteiger partial charge is 0.486 e. The van der Waals surface area contributed by atoms with Crippen molar-refractivity contribution in [3.63, 3.8) is 0 Å². The molecule has 3 heterocycles. The highest BCUT2D eigenvalue weighted by Gasteiger charge is 2.22. The van der Waals surface area contributed by atoms with Crippen LogP contribution in [-0.4, -0.2) is 27.2 Å². The molecule has 2 aromatic heterocycles. The summed E-state index contributed by atoms with van der Waals surface area (Å²) in [7, 11) is 0. The zero-order valence-electron chi connectivity index (χ0n) is 11.3. The van der Waals surface area contributed by atoms with E-state index in [9.17, 15) is 4.79 Å². The lowest BCUT2D eigenvalue weighted by Crippen LogP contribution is -2.35. The molecule has 0 radical (unpaired) electrons. The lowest BCUT2D eigenvalue weighted by molar-refractivity contribution is -0.116. The van der Waals surface area contributed by atoms with E-state index >= 15 is 0 Å². The number of carbonyl (C=O) groups excluding carboxylic acids is 1. The number of anilines is 1. The lowest BCUT2D eigenvalue weighted by Gasteiger charge is -2.26. The summed E-state index contributed by atoms with van der Waals surface area (Å²) < 4.78 is 7.49. The van der Waals surface area contributed by atoms with Crippen LogP contribution in [0.5, 0.6) is 5.75 Å². The molecular formula is C14H16N4O2. The van der Waals surface area contributed by atoms with Gasteiger partial charge in [-0.3, -0.25) is 14.7 Å². The second-order valence-electron chi connectivity index (χ2n) is 4.72. The van der Waals surface area contributed by atoms with E-state index in [2.05, 4.69) is 10.1 Å². The average molecular weight is 272 g/mol. The predicted molar refractivity (Wildman–Crippen MR) is 73.4 cm³/mol. The van der Waals surface area contributed by atoms with Crippen LogP contribution in [0.1, 0.15) is 19.0 Å². The minimum absolute atomic E-state index is 0.0468. The molecule has 0 fully saturated rings. The van der Waals surface area contributed by atoms with Crippen LogP contribution in [0, 0.1) is 0 Å². The summed E-state index contributed by atoms with van der Waals surface area (Å²) in [5, 5.41) is 4.48. The molecule has 0 unspecified atom stereocenters. The number of ether oxygens (including phenoxy) is 1. The first kappa shape index (κ1) is 12.7. The third-order valence-electron chi connectivity index (χ3n) is 3.24. The van der Waals surface area contributed by atoms with Crippen molar-refractivity contribution in [1.82, 2.24) is 14.8 Å². The van der Waals surface area contributed by atoms with Crippen molar-refractivity contribution in [2.24, 2.45) is 0 Å². The van der Waals surface area contributed by atoms with E-state index in [4.69, 9.17) is 4.74 Å². The summed E-state index contributed by atoms with van der Waals surface area (Å²) in [4.78, 5) is 17.3. The Labute approximate surface area is 117 Å². The van der Waals surface area contributed by atoms with Crippen LogP contribution in [0.2, 0.25) is 0 Å². The van der Waals surface area contributed by atoms with Gasteiger partial charge in [0.05, 0.1) is 6.20 Å². The summed E-state index contributed by atoms with van der Waals surface area (Å²) in [5.74, 6) is 1.61. The molecule has 0 saturated carbocycles. The van der Waals surface area contributed by atoms with Crippen molar-refractivity contribution < 1.29 is 9.53 Å². The maximum absolute atomic E-state index is 11.6. The summed E-state index contributed by atoms with van der Waals surface area (Å²) in [5.41, 5.74) is 0.817. The monoisotopic (exact) mass is 272 g/mol. The van der Waals surface area contributed by atoms with Crippen molar-refractivity contribution in [2.75, 3.05) is 11.4 Å². The van der Waals surface area contributed by atoms with Crippen molar-refractivity contribution >= 4 is 11.7 Å². The SMILES string of the molecule is CC(=O)N1CCCn2nc(COc3cccnc3)cc21. The summed E-state index contributed by atoms with van der Waals surface area (Å²) in [6.45, 7) is 3.54. The van der Waals surface area contributed by atoms with Crippen LogP contribution >= 0.6 is 0 Å². The smallest absolute Gasteiger partial charge is 0.225 e. The van der Waals surface area contributed by atoms with Gasteiger partial charge in [0.1, 0.15) is 23.9 Å². The maximum atomic E-state index is 11.6. The molecule has 0 bridgehead atoms. The van der Waals surface area contributed by atoms with Gasteiger partial charge in [-0.1, -0.05) is 0 Å². The number of carbonyl (C=O) groups is 1. The highest BCUT2D eigenvalue weighted by Crippen LogP contribution is 2.22. The van der Waals surface area contributed by atoms with Gasteiger partial charge in [-0.2, -0.15) is 5.10 Å². The van der Waals surface area contributed by atoms with Crippen LogP contribution in [0.15, 0.2) is 30.6 Å². The van der Waals surface area contributed by atoms with Gasteiger partial charge in [0.15, 0.2) is 0 Å². The van der Waals surface area contributed by atoms with E-state index < -0.39 is 0 Å². The van der Waals surface area contributed by atoms with E-state index in [1.165, 1.54) is 0 Å². The van der Waals surface area contributed by atoms with Gasteiger partial charge >= 0.3 is 0 Å². The Balaban J connectivity index is 1.74. The number of aromatic nitrogens is 3. The van der Waals surface area contributed by atoms with Gasteiger partial charge in [0.25, 0.3) is 0 Å². The van der Waals surface area contributed by atoms with E-state index in [0.717, 1.165) is 31.0 Å². The maximum Gasteiger partial charge on any atom is 0.225 e. The van der Waals surface area contributed by atoms with Crippen LogP contribution in [-0.2, 0) is 17.9 Å². The van der Waals surface area contributed by atoms with Gasteiger partial charge in [-0.15, -0.1) is 0 Å². The predicted octanol–water partition coefficient (Wildman–Crippen LogP) is 1.61. The van der Waals surface area contributed by atoms with Crippen molar-refractivity contribution in [3.8, 4) is 5.75 Å². The molecule has 1 aliphatic heterocycles. The fraction of sp³-hybridized carbons (Fsp3) is 0.357. The van der Waals surface area contributed by atoms with Gasteiger partial charge in [0.2, 0.25) is 5.91 Å². The minimum Gasteiger partial charge on any atom is -0.486 e. The van der Waals surface area contributed by atoms with E-state index in [1.807, 2.05) is 22.9 Å². The summed E-state index contributed by atoms with van der Waals surface area (Å²) in [6.07, 6.45) is 4.29. The fourth-order valence-corrected chi connectivity index (χ4v) is 2.31. The second kappa shape index (κ2) is 5.32.